The Labute approximate surface area is 176 Å². The quantitative estimate of drug-likeness (QED) is 0.783. The van der Waals surface area contributed by atoms with Gasteiger partial charge in [-0.2, -0.15) is 0 Å². The summed E-state index contributed by atoms with van der Waals surface area (Å²) in [6.07, 6.45) is 2.37. The summed E-state index contributed by atoms with van der Waals surface area (Å²) >= 11 is 1.61. The highest BCUT2D eigenvalue weighted by Crippen LogP contribution is 2.33. The smallest absolute Gasteiger partial charge is 0.251 e. The fourth-order valence-electron chi connectivity index (χ4n) is 4.43. The molecule has 0 spiro atoms. The summed E-state index contributed by atoms with van der Waals surface area (Å²) in [5, 5.41) is 6.08. The molecule has 0 saturated carbocycles. The van der Waals surface area contributed by atoms with Crippen LogP contribution in [0.1, 0.15) is 37.0 Å². The molecule has 152 valence electrons. The Balaban J connectivity index is 1.39. The van der Waals surface area contributed by atoms with Crippen molar-refractivity contribution in [1.82, 2.24) is 10.2 Å². The number of piperidine rings is 3. The third kappa shape index (κ3) is 4.65. The van der Waals surface area contributed by atoms with Crippen LogP contribution in [0.5, 0.6) is 0 Å². The molecule has 2 aromatic rings. The molecular weight excluding hydrogens is 382 g/mol. The van der Waals surface area contributed by atoms with E-state index < -0.39 is 0 Å². The topological polar surface area (TPSA) is 61.4 Å². The first kappa shape index (κ1) is 20.0. The standard InChI is InChI=1S/C23H27N3O2S/c1-15-22(17-10-12-26(15)13-11-17)25-23(28)18-6-8-20(9-7-18)29-21-5-3-4-19(14-21)24-16(2)27/h3-9,14-15,17,22H,10-13H2,1-2H3,(H,24,27)(H,25,28)/t15-,22+/m1/s1. The van der Waals surface area contributed by atoms with E-state index in [9.17, 15) is 9.59 Å². The van der Waals surface area contributed by atoms with Crippen LogP contribution in [0.4, 0.5) is 5.69 Å². The summed E-state index contributed by atoms with van der Waals surface area (Å²) in [6.45, 7) is 6.05. The van der Waals surface area contributed by atoms with Crippen LogP contribution in [-0.2, 0) is 4.79 Å². The van der Waals surface area contributed by atoms with E-state index in [1.807, 2.05) is 48.5 Å². The number of anilines is 1. The van der Waals surface area contributed by atoms with Gasteiger partial charge in [-0.15, -0.1) is 0 Å². The third-order valence-electron chi connectivity index (χ3n) is 5.98. The summed E-state index contributed by atoms with van der Waals surface area (Å²) in [5.74, 6) is 0.532. The van der Waals surface area contributed by atoms with E-state index in [-0.39, 0.29) is 17.9 Å². The molecule has 2 bridgehead atoms. The van der Waals surface area contributed by atoms with E-state index in [1.165, 1.54) is 19.8 Å². The molecule has 0 unspecified atom stereocenters. The largest absolute Gasteiger partial charge is 0.347 e. The van der Waals surface area contributed by atoms with Crippen LogP contribution in [-0.4, -0.2) is 41.9 Å². The van der Waals surface area contributed by atoms with E-state index in [2.05, 4.69) is 22.5 Å². The maximum atomic E-state index is 12.8. The van der Waals surface area contributed by atoms with E-state index in [1.54, 1.807) is 11.8 Å². The lowest BCUT2D eigenvalue weighted by Gasteiger charge is -2.49. The molecule has 2 amide bonds. The van der Waals surface area contributed by atoms with Gasteiger partial charge in [0.2, 0.25) is 5.91 Å². The summed E-state index contributed by atoms with van der Waals surface area (Å²) in [4.78, 5) is 28.6. The van der Waals surface area contributed by atoms with Crippen LogP contribution in [0.2, 0.25) is 0 Å². The van der Waals surface area contributed by atoms with Crippen molar-refractivity contribution in [1.29, 1.82) is 0 Å². The molecule has 5 rings (SSSR count). The van der Waals surface area contributed by atoms with Crippen molar-refractivity contribution in [3.63, 3.8) is 0 Å². The van der Waals surface area contributed by atoms with Gasteiger partial charge in [-0.05, 0) is 81.2 Å². The first-order chi connectivity index (χ1) is 14.0. The molecule has 2 atom stereocenters. The van der Waals surface area contributed by atoms with Gasteiger partial charge in [-0.1, -0.05) is 17.8 Å². The zero-order valence-corrected chi connectivity index (χ0v) is 17.7. The molecule has 2 aromatic carbocycles. The van der Waals surface area contributed by atoms with E-state index in [0.717, 1.165) is 28.6 Å². The van der Waals surface area contributed by atoms with Gasteiger partial charge < -0.3 is 10.6 Å². The normalized spacial score (nSPS) is 25.4. The Hall–Kier alpha value is -2.31. The van der Waals surface area contributed by atoms with Gasteiger partial charge in [0.1, 0.15) is 0 Å². The van der Waals surface area contributed by atoms with Gasteiger partial charge in [0.05, 0.1) is 0 Å². The zero-order chi connectivity index (χ0) is 20.4. The Kier molecular flexibility index (Phi) is 5.92. The van der Waals surface area contributed by atoms with Crippen molar-refractivity contribution in [2.24, 2.45) is 5.92 Å². The Morgan fingerprint density at radius 2 is 1.76 bits per heavy atom. The van der Waals surface area contributed by atoms with E-state index >= 15 is 0 Å². The van der Waals surface area contributed by atoms with Gasteiger partial charge >= 0.3 is 0 Å². The number of hydrogen-bond donors (Lipinski definition) is 2. The minimum absolute atomic E-state index is 0.0137. The lowest BCUT2D eigenvalue weighted by atomic mass is 9.79. The molecule has 2 N–H and O–H groups in total. The molecule has 3 heterocycles. The highest BCUT2D eigenvalue weighted by molar-refractivity contribution is 7.99. The zero-order valence-electron chi connectivity index (χ0n) is 16.9. The molecule has 3 aliphatic rings. The fourth-order valence-corrected chi connectivity index (χ4v) is 5.31. The minimum Gasteiger partial charge on any atom is -0.347 e. The average molecular weight is 410 g/mol. The molecule has 29 heavy (non-hydrogen) atoms. The number of fused-ring (bicyclic) bond motifs is 3. The predicted octanol–water partition coefficient (Wildman–Crippen LogP) is 4.01. The Morgan fingerprint density at radius 3 is 2.41 bits per heavy atom. The Bertz CT molecular complexity index is 889. The van der Waals surface area contributed by atoms with Crippen LogP contribution in [0.15, 0.2) is 58.3 Å². The molecule has 0 aliphatic carbocycles. The second-order valence-corrected chi connectivity index (χ2v) is 9.10. The lowest BCUT2D eigenvalue weighted by molar-refractivity contribution is -0.114. The fraction of sp³-hybridized carbons (Fsp3) is 0.391. The van der Waals surface area contributed by atoms with Gasteiger partial charge in [-0.25, -0.2) is 0 Å². The number of amides is 2. The third-order valence-corrected chi connectivity index (χ3v) is 6.98. The van der Waals surface area contributed by atoms with E-state index in [4.69, 9.17) is 0 Å². The number of rotatable bonds is 5. The van der Waals surface area contributed by atoms with Crippen LogP contribution >= 0.6 is 11.8 Å². The number of nitrogens with one attached hydrogen (secondary N) is 2. The summed E-state index contributed by atoms with van der Waals surface area (Å²) in [7, 11) is 0. The minimum atomic E-state index is -0.0835. The van der Waals surface area contributed by atoms with Gasteiger partial charge in [0, 0.05) is 40.0 Å². The maximum Gasteiger partial charge on any atom is 0.251 e. The van der Waals surface area contributed by atoms with E-state index in [0.29, 0.717) is 17.5 Å². The second kappa shape index (κ2) is 8.59. The monoisotopic (exact) mass is 409 g/mol. The Morgan fingerprint density at radius 1 is 1.03 bits per heavy atom. The molecule has 5 nitrogen and oxygen atoms in total. The number of hydrogen-bond acceptors (Lipinski definition) is 4. The molecular formula is C23H27N3O2S. The van der Waals surface area contributed by atoms with Crippen molar-refractivity contribution < 1.29 is 9.59 Å². The first-order valence-corrected chi connectivity index (χ1v) is 11.0. The molecule has 6 heteroatoms. The summed E-state index contributed by atoms with van der Waals surface area (Å²) in [5.41, 5.74) is 1.48. The SMILES string of the molecule is CC(=O)Nc1cccc(Sc2ccc(C(=O)N[C@@H]3C4CCN(CC4)[C@@H]3C)cc2)c1. The number of benzene rings is 2. The molecule has 3 saturated heterocycles. The van der Waals surface area contributed by atoms with Crippen LogP contribution < -0.4 is 10.6 Å². The van der Waals surface area contributed by atoms with Crippen molar-refractivity contribution >= 4 is 29.3 Å². The van der Waals surface area contributed by atoms with Crippen molar-refractivity contribution in [2.75, 3.05) is 18.4 Å². The highest BCUT2D eigenvalue weighted by atomic mass is 32.2. The maximum absolute atomic E-state index is 12.8. The van der Waals surface area contributed by atoms with Crippen molar-refractivity contribution in [3.8, 4) is 0 Å². The number of carbonyl (C=O) groups is 2. The first-order valence-electron chi connectivity index (χ1n) is 10.2. The highest BCUT2D eigenvalue weighted by Gasteiger charge is 2.40. The summed E-state index contributed by atoms with van der Waals surface area (Å²) in [6, 6.07) is 16.1. The molecule has 3 aliphatic heterocycles. The molecule has 0 aromatic heterocycles. The number of nitrogens with zero attached hydrogens (tertiary/aromatic N) is 1. The lowest BCUT2D eigenvalue weighted by Crippen LogP contribution is -2.62. The van der Waals surface area contributed by atoms with Crippen LogP contribution in [0.25, 0.3) is 0 Å². The second-order valence-electron chi connectivity index (χ2n) is 7.95. The van der Waals surface area contributed by atoms with Gasteiger partial charge in [-0.3, -0.25) is 14.5 Å². The molecule has 3 fully saturated rings. The van der Waals surface area contributed by atoms with Gasteiger partial charge in [0.25, 0.3) is 5.91 Å². The van der Waals surface area contributed by atoms with Crippen molar-refractivity contribution in [3.05, 3.63) is 54.1 Å². The van der Waals surface area contributed by atoms with Crippen molar-refractivity contribution in [2.45, 2.75) is 48.6 Å². The summed E-state index contributed by atoms with van der Waals surface area (Å²) < 4.78 is 0. The predicted molar refractivity (Wildman–Crippen MR) is 116 cm³/mol. The average Bonchev–Trinajstić information content (AvgIpc) is 2.71. The van der Waals surface area contributed by atoms with Crippen LogP contribution in [0, 0.1) is 5.92 Å². The molecule has 0 radical (unpaired) electrons. The number of carbonyl (C=O) groups excluding carboxylic acids is 2. The van der Waals surface area contributed by atoms with Gasteiger partial charge in [0.15, 0.2) is 0 Å². The van der Waals surface area contributed by atoms with Crippen LogP contribution in [0.3, 0.4) is 0 Å².